The monoisotopic (exact) mass is 338 g/mol. The standard InChI is InChI=1S/C17H26N2O5/c1-17(2,3)24-16(23)12-8-7-11-19(12)15(22)13(20)14(21)18-9-5-4-6-10-18/h12H,4-11H2,1-3H3/t12-/m0/s1. The highest BCUT2D eigenvalue weighted by Crippen LogP contribution is 2.22. The number of hydrogen-bond donors (Lipinski definition) is 0. The molecule has 0 radical (unpaired) electrons. The van der Waals surface area contributed by atoms with Gasteiger partial charge in [-0.2, -0.15) is 0 Å². The smallest absolute Gasteiger partial charge is 0.329 e. The third kappa shape index (κ3) is 4.33. The molecular formula is C17H26N2O5. The lowest BCUT2D eigenvalue weighted by Gasteiger charge is -2.28. The first-order valence-corrected chi connectivity index (χ1v) is 8.58. The van der Waals surface area contributed by atoms with Crippen molar-refractivity contribution in [3.05, 3.63) is 0 Å². The number of nitrogens with zero attached hydrogens (tertiary/aromatic N) is 2. The number of ketones is 1. The summed E-state index contributed by atoms with van der Waals surface area (Å²) in [6.07, 6.45) is 3.78. The molecular weight excluding hydrogens is 312 g/mol. The minimum absolute atomic E-state index is 0.293. The molecule has 0 saturated carbocycles. The number of likely N-dealkylation sites (tertiary alicyclic amines) is 2. The highest BCUT2D eigenvalue weighted by Gasteiger charge is 2.41. The van der Waals surface area contributed by atoms with Crippen LogP contribution in [0.25, 0.3) is 0 Å². The number of rotatable bonds is 3. The van der Waals surface area contributed by atoms with E-state index >= 15 is 0 Å². The molecule has 2 saturated heterocycles. The first-order chi connectivity index (χ1) is 11.2. The van der Waals surface area contributed by atoms with Gasteiger partial charge < -0.3 is 14.5 Å². The first kappa shape index (κ1) is 18.4. The number of piperidine rings is 1. The van der Waals surface area contributed by atoms with Crippen molar-refractivity contribution in [2.45, 2.75) is 64.5 Å². The topological polar surface area (TPSA) is 84.0 Å². The second-order valence-electron chi connectivity index (χ2n) is 7.37. The normalized spacial score (nSPS) is 21.5. The summed E-state index contributed by atoms with van der Waals surface area (Å²) in [4.78, 5) is 51.8. The predicted molar refractivity (Wildman–Crippen MR) is 86.0 cm³/mol. The van der Waals surface area contributed by atoms with Crippen LogP contribution in [0.15, 0.2) is 0 Å². The van der Waals surface area contributed by atoms with Gasteiger partial charge in [0.05, 0.1) is 0 Å². The molecule has 2 fully saturated rings. The van der Waals surface area contributed by atoms with E-state index in [1.807, 2.05) is 0 Å². The molecule has 2 amide bonds. The van der Waals surface area contributed by atoms with E-state index in [-0.39, 0.29) is 0 Å². The predicted octanol–water partition coefficient (Wildman–Crippen LogP) is 0.901. The Morgan fingerprint density at radius 2 is 1.50 bits per heavy atom. The fraction of sp³-hybridized carbons (Fsp3) is 0.765. The molecule has 0 unspecified atom stereocenters. The summed E-state index contributed by atoms with van der Waals surface area (Å²) in [5, 5.41) is 0. The van der Waals surface area contributed by atoms with Crippen molar-refractivity contribution in [2.24, 2.45) is 0 Å². The van der Waals surface area contributed by atoms with Crippen LogP contribution >= 0.6 is 0 Å². The van der Waals surface area contributed by atoms with Crippen LogP contribution in [0.2, 0.25) is 0 Å². The number of esters is 1. The Bertz CT molecular complexity index is 532. The zero-order valence-electron chi connectivity index (χ0n) is 14.7. The van der Waals surface area contributed by atoms with Gasteiger partial charge in [-0.15, -0.1) is 0 Å². The summed E-state index contributed by atoms with van der Waals surface area (Å²) in [6, 6.07) is -0.783. The van der Waals surface area contributed by atoms with Gasteiger partial charge in [0.2, 0.25) is 0 Å². The van der Waals surface area contributed by atoms with Crippen LogP contribution in [0.4, 0.5) is 0 Å². The number of hydrogen-bond acceptors (Lipinski definition) is 5. The maximum atomic E-state index is 12.4. The van der Waals surface area contributed by atoms with E-state index in [1.165, 1.54) is 9.80 Å². The molecule has 24 heavy (non-hydrogen) atoms. The lowest BCUT2D eigenvalue weighted by Crippen LogP contribution is -2.51. The van der Waals surface area contributed by atoms with Crippen molar-refractivity contribution in [3.63, 3.8) is 0 Å². The fourth-order valence-electron chi connectivity index (χ4n) is 3.09. The van der Waals surface area contributed by atoms with Gasteiger partial charge >= 0.3 is 17.7 Å². The van der Waals surface area contributed by atoms with Crippen molar-refractivity contribution in [1.82, 2.24) is 9.80 Å². The van der Waals surface area contributed by atoms with Crippen LogP contribution in [0.5, 0.6) is 0 Å². The van der Waals surface area contributed by atoms with E-state index in [2.05, 4.69) is 0 Å². The molecule has 134 valence electrons. The van der Waals surface area contributed by atoms with Crippen molar-refractivity contribution >= 4 is 23.6 Å². The van der Waals surface area contributed by atoms with Crippen molar-refractivity contribution in [1.29, 1.82) is 0 Å². The highest BCUT2D eigenvalue weighted by atomic mass is 16.6. The van der Waals surface area contributed by atoms with E-state index in [0.717, 1.165) is 19.3 Å². The number of carbonyl (C=O) groups is 4. The molecule has 0 bridgehead atoms. The molecule has 0 aliphatic carbocycles. The molecule has 2 aliphatic rings. The molecule has 0 aromatic carbocycles. The van der Waals surface area contributed by atoms with E-state index in [1.54, 1.807) is 20.8 Å². The van der Waals surface area contributed by atoms with Gasteiger partial charge in [0.15, 0.2) is 0 Å². The Hall–Kier alpha value is -1.92. The van der Waals surface area contributed by atoms with E-state index < -0.39 is 35.2 Å². The van der Waals surface area contributed by atoms with Gasteiger partial charge in [0.25, 0.3) is 5.91 Å². The Labute approximate surface area is 142 Å². The molecule has 0 spiro atoms. The van der Waals surface area contributed by atoms with Crippen LogP contribution in [-0.2, 0) is 23.9 Å². The van der Waals surface area contributed by atoms with E-state index in [4.69, 9.17) is 4.74 Å². The minimum Gasteiger partial charge on any atom is -0.458 e. The highest BCUT2D eigenvalue weighted by molar-refractivity contribution is 6.62. The lowest BCUT2D eigenvalue weighted by atomic mass is 10.1. The van der Waals surface area contributed by atoms with Gasteiger partial charge in [0.1, 0.15) is 11.6 Å². The maximum Gasteiger partial charge on any atom is 0.329 e. The van der Waals surface area contributed by atoms with Gasteiger partial charge in [-0.3, -0.25) is 14.4 Å². The summed E-state index contributed by atoms with van der Waals surface area (Å²) < 4.78 is 5.32. The summed E-state index contributed by atoms with van der Waals surface area (Å²) in [5.74, 6) is -3.22. The van der Waals surface area contributed by atoms with Crippen molar-refractivity contribution in [2.75, 3.05) is 19.6 Å². The zero-order valence-corrected chi connectivity index (χ0v) is 14.7. The third-order valence-electron chi connectivity index (χ3n) is 4.22. The number of carbonyl (C=O) groups excluding carboxylic acids is 4. The second kappa shape index (κ2) is 7.32. The summed E-state index contributed by atoms with van der Waals surface area (Å²) in [7, 11) is 0. The van der Waals surface area contributed by atoms with Crippen molar-refractivity contribution in [3.8, 4) is 0 Å². The zero-order chi connectivity index (χ0) is 17.9. The van der Waals surface area contributed by atoms with Gasteiger partial charge in [-0.05, 0) is 52.9 Å². The molecule has 7 heteroatoms. The van der Waals surface area contributed by atoms with Crippen LogP contribution in [0.3, 0.4) is 0 Å². The molecule has 0 aromatic rings. The summed E-state index contributed by atoms with van der Waals surface area (Å²) in [5.41, 5.74) is -0.665. The molecule has 0 N–H and O–H groups in total. The molecule has 2 aliphatic heterocycles. The lowest BCUT2D eigenvalue weighted by molar-refractivity contribution is -0.165. The number of ether oxygens (including phenoxy) is 1. The Morgan fingerprint density at radius 3 is 2.08 bits per heavy atom. The van der Waals surface area contributed by atoms with Crippen LogP contribution in [0, 0.1) is 0 Å². The maximum absolute atomic E-state index is 12.4. The van der Waals surface area contributed by atoms with Gasteiger partial charge in [-0.25, -0.2) is 4.79 Å². The molecule has 2 rings (SSSR count). The van der Waals surface area contributed by atoms with Crippen LogP contribution in [-0.4, -0.2) is 64.6 Å². The minimum atomic E-state index is -1.05. The average molecular weight is 338 g/mol. The fourth-order valence-corrected chi connectivity index (χ4v) is 3.09. The van der Waals surface area contributed by atoms with Gasteiger partial charge in [0, 0.05) is 19.6 Å². The molecule has 7 nitrogen and oxygen atoms in total. The summed E-state index contributed by atoms with van der Waals surface area (Å²) in [6.45, 7) is 6.55. The third-order valence-corrected chi connectivity index (χ3v) is 4.22. The average Bonchev–Trinajstić information content (AvgIpc) is 3.01. The Balaban J connectivity index is 2.02. The van der Waals surface area contributed by atoms with E-state index in [9.17, 15) is 19.2 Å². The van der Waals surface area contributed by atoms with E-state index in [0.29, 0.717) is 32.5 Å². The first-order valence-electron chi connectivity index (χ1n) is 8.58. The van der Waals surface area contributed by atoms with Crippen LogP contribution in [0.1, 0.15) is 52.9 Å². The number of amides is 2. The van der Waals surface area contributed by atoms with Crippen molar-refractivity contribution < 1.29 is 23.9 Å². The Morgan fingerprint density at radius 1 is 0.875 bits per heavy atom. The number of Topliss-reactive ketones (excluding diaryl/α,β-unsaturated/α-hetero) is 1. The largest absolute Gasteiger partial charge is 0.458 e. The van der Waals surface area contributed by atoms with Gasteiger partial charge in [-0.1, -0.05) is 0 Å². The molecule has 0 aromatic heterocycles. The molecule has 2 heterocycles. The quantitative estimate of drug-likeness (QED) is 0.434. The molecule has 1 atom stereocenters. The van der Waals surface area contributed by atoms with Crippen LogP contribution < -0.4 is 0 Å². The SMILES string of the molecule is CC(C)(C)OC(=O)[C@@H]1CCCN1C(=O)C(=O)C(=O)N1CCCCC1. The Kier molecular flexibility index (Phi) is 5.62. The summed E-state index contributed by atoms with van der Waals surface area (Å²) >= 11 is 0. The second-order valence-corrected chi connectivity index (χ2v) is 7.37.